The molecule has 104 valence electrons. The lowest BCUT2D eigenvalue weighted by Gasteiger charge is -2.18. The van der Waals surface area contributed by atoms with Gasteiger partial charge in [-0.2, -0.15) is 13.2 Å². The van der Waals surface area contributed by atoms with Crippen LogP contribution in [0.25, 0.3) is 0 Å². The van der Waals surface area contributed by atoms with Gasteiger partial charge in [0.2, 0.25) is 0 Å². The van der Waals surface area contributed by atoms with E-state index in [1.165, 1.54) is 6.92 Å². The number of carbonyl (C=O) groups is 2. The predicted molar refractivity (Wildman–Crippen MR) is 59.2 cm³/mol. The van der Waals surface area contributed by atoms with Gasteiger partial charge in [-0.1, -0.05) is 6.92 Å². The number of carboxylic acids is 1. The van der Waals surface area contributed by atoms with Gasteiger partial charge in [0.05, 0.1) is 5.56 Å². The Balaban J connectivity index is 3.19. The summed E-state index contributed by atoms with van der Waals surface area (Å²) in [4.78, 5) is 21.2. The van der Waals surface area contributed by atoms with Crippen LogP contribution in [0.15, 0.2) is 18.2 Å². The molecular weight excluding hydrogens is 265 g/mol. The van der Waals surface area contributed by atoms with Gasteiger partial charge >= 0.3 is 12.1 Å². The van der Waals surface area contributed by atoms with Gasteiger partial charge in [0.15, 0.2) is 6.10 Å². The molecule has 1 N–H and O–H groups in total. The number of ether oxygens (including phenoxy) is 1. The van der Waals surface area contributed by atoms with Crippen molar-refractivity contribution in [3.63, 3.8) is 0 Å². The summed E-state index contributed by atoms with van der Waals surface area (Å²) in [5.74, 6) is -1.96. The zero-order valence-corrected chi connectivity index (χ0v) is 9.90. The lowest BCUT2D eigenvalue weighted by Crippen LogP contribution is -2.27. The predicted octanol–water partition coefficient (Wildman–Crippen LogP) is 2.76. The molecule has 0 aliphatic carbocycles. The molecule has 19 heavy (non-hydrogen) atoms. The minimum absolute atomic E-state index is 0.0159. The van der Waals surface area contributed by atoms with Crippen molar-refractivity contribution >= 4 is 12.3 Å². The zero-order chi connectivity index (χ0) is 14.6. The Labute approximate surface area is 106 Å². The number of aliphatic carboxylic acids is 1. The molecule has 1 aromatic rings. The van der Waals surface area contributed by atoms with Crippen molar-refractivity contribution in [2.75, 3.05) is 0 Å². The highest BCUT2D eigenvalue weighted by Crippen LogP contribution is 2.37. The summed E-state index contributed by atoms with van der Waals surface area (Å²) in [6, 6.07) is 2.70. The third-order valence-electron chi connectivity index (χ3n) is 2.36. The maximum Gasteiger partial charge on any atom is 0.419 e. The van der Waals surface area contributed by atoms with Crippen LogP contribution in [0.3, 0.4) is 0 Å². The van der Waals surface area contributed by atoms with Gasteiger partial charge in [0.25, 0.3) is 0 Å². The molecule has 0 aliphatic rings. The molecule has 0 saturated heterocycles. The van der Waals surface area contributed by atoms with E-state index in [1.807, 2.05) is 0 Å². The van der Waals surface area contributed by atoms with Crippen LogP contribution in [0.4, 0.5) is 13.2 Å². The molecule has 1 unspecified atom stereocenters. The van der Waals surface area contributed by atoms with E-state index in [0.29, 0.717) is 6.07 Å². The molecule has 0 radical (unpaired) electrons. The molecule has 0 aromatic heterocycles. The fourth-order valence-corrected chi connectivity index (χ4v) is 1.41. The summed E-state index contributed by atoms with van der Waals surface area (Å²) in [6.45, 7) is 1.48. The Morgan fingerprint density at radius 3 is 2.53 bits per heavy atom. The van der Waals surface area contributed by atoms with E-state index < -0.39 is 29.6 Å². The number of halogens is 3. The number of aldehydes is 1. The van der Waals surface area contributed by atoms with E-state index in [1.54, 1.807) is 0 Å². The van der Waals surface area contributed by atoms with Crippen molar-refractivity contribution < 1.29 is 32.6 Å². The Kier molecular flexibility index (Phi) is 4.52. The highest BCUT2D eigenvalue weighted by atomic mass is 19.4. The highest BCUT2D eigenvalue weighted by Gasteiger charge is 2.35. The van der Waals surface area contributed by atoms with Crippen LogP contribution in [0.5, 0.6) is 5.75 Å². The van der Waals surface area contributed by atoms with Gasteiger partial charge in [-0.25, -0.2) is 4.79 Å². The van der Waals surface area contributed by atoms with Crippen molar-refractivity contribution in [2.24, 2.45) is 0 Å². The normalized spacial score (nSPS) is 12.8. The fraction of sp³-hybridized carbons (Fsp3) is 0.333. The van der Waals surface area contributed by atoms with Crippen LogP contribution in [0.2, 0.25) is 0 Å². The first kappa shape index (κ1) is 15.0. The van der Waals surface area contributed by atoms with Crippen LogP contribution < -0.4 is 4.74 Å². The molecule has 1 aromatic carbocycles. The van der Waals surface area contributed by atoms with E-state index in [4.69, 9.17) is 9.84 Å². The molecule has 0 bridgehead atoms. The van der Waals surface area contributed by atoms with Gasteiger partial charge in [-0.05, 0) is 24.6 Å². The third-order valence-corrected chi connectivity index (χ3v) is 2.36. The minimum Gasteiger partial charge on any atom is -0.479 e. The lowest BCUT2D eigenvalue weighted by molar-refractivity contribution is -0.148. The summed E-state index contributed by atoms with van der Waals surface area (Å²) in [7, 11) is 0. The molecule has 1 rings (SSSR count). The zero-order valence-electron chi connectivity index (χ0n) is 9.90. The largest absolute Gasteiger partial charge is 0.479 e. The van der Waals surface area contributed by atoms with Gasteiger partial charge in [-0.15, -0.1) is 0 Å². The number of hydrogen-bond acceptors (Lipinski definition) is 3. The Bertz CT molecular complexity index is 482. The van der Waals surface area contributed by atoms with Crippen LogP contribution in [0, 0.1) is 0 Å². The Morgan fingerprint density at radius 1 is 1.47 bits per heavy atom. The number of carboxylic acid groups (broad SMARTS) is 1. The first-order valence-electron chi connectivity index (χ1n) is 5.35. The second-order valence-corrected chi connectivity index (χ2v) is 3.72. The van der Waals surface area contributed by atoms with Crippen molar-refractivity contribution in [1.82, 2.24) is 0 Å². The van der Waals surface area contributed by atoms with Crippen molar-refractivity contribution in [3.8, 4) is 5.75 Å². The van der Waals surface area contributed by atoms with Crippen LogP contribution in [-0.4, -0.2) is 23.5 Å². The molecule has 4 nitrogen and oxygen atoms in total. The second kappa shape index (κ2) is 5.73. The summed E-state index contributed by atoms with van der Waals surface area (Å²) in [5, 5.41) is 8.77. The summed E-state index contributed by atoms with van der Waals surface area (Å²) in [6.07, 6.45) is -5.82. The highest BCUT2D eigenvalue weighted by molar-refractivity contribution is 5.76. The molecule has 1 atom stereocenters. The first-order chi connectivity index (χ1) is 8.79. The van der Waals surface area contributed by atoms with Crippen molar-refractivity contribution in [3.05, 3.63) is 29.3 Å². The number of carbonyl (C=O) groups excluding carboxylic acids is 1. The average molecular weight is 276 g/mol. The SMILES string of the molecule is CCC(Oc1ccc(C=O)cc1C(F)(F)F)C(=O)O. The molecule has 7 heteroatoms. The molecule has 0 heterocycles. The Morgan fingerprint density at radius 2 is 2.11 bits per heavy atom. The summed E-state index contributed by atoms with van der Waals surface area (Å²) in [5.41, 5.74) is -1.33. The minimum atomic E-state index is -4.73. The standard InChI is InChI=1S/C12H11F3O4/c1-2-9(11(17)18)19-10-4-3-7(6-16)5-8(10)12(13,14)15/h3-6,9H,2H2,1H3,(H,17,18). The molecule has 0 fully saturated rings. The van der Waals surface area contributed by atoms with Crippen LogP contribution in [-0.2, 0) is 11.0 Å². The Hall–Kier alpha value is -2.05. The van der Waals surface area contributed by atoms with Crippen molar-refractivity contribution in [2.45, 2.75) is 25.6 Å². The summed E-state index contributed by atoms with van der Waals surface area (Å²) < 4.78 is 43.2. The lowest BCUT2D eigenvalue weighted by atomic mass is 10.1. The number of benzene rings is 1. The van der Waals surface area contributed by atoms with E-state index in [0.717, 1.165) is 12.1 Å². The van der Waals surface area contributed by atoms with Crippen LogP contribution >= 0.6 is 0 Å². The second-order valence-electron chi connectivity index (χ2n) is 3.72. The van der Waals surface area contributed by atoms with E-state index in [-0.39, 0.29) is 18.3 Å². The number of alkyl halides is 3. The molecule has 0 aliphatic heterocycles. The topological polar surface area (TPSA) is 63.6 Å². The molecule has 0 saturated carbocycles. The molecule has 0 spiro atoms. The van der Waals surface area contributed by atoms with Crippen molar-refractivity contribution in [1.29, 1.82) is 0 Å². The monoisotopic (exact) mass is 276 g/mol. The van der Waals surface area contributed by atoms with Crippen LogP contribution in [0.1, 0.15) is 29.3 Å². The van der Waals surface area contributed by atoms with E-state index in [9.17, 15) is 22.8 Å². The van der Waals surface area contributed by atoms with Gasteiger partial charge in [-0.3, -0.25) is 4.79 Å². The maximum atomic E-state index is 12.8. The van der Waals surface area contributed by atoms with E-state index in [2.05, 4.69) is 0 Å². The summed E-state index contributed by atoms with van der Waals surface area (Å²) >= 11 is 0. The molecular formula is C12H11F3O4. The van der Waals surface area contributed by atoms with Gasteiger partial charge < -0.3 is 9.84 Å². The first-order valence-corrected chi connectivity index (χ1v) is 5.35. The van der Waals surface area contributed by atoms with Gasteiger partial charge in [0, 0.05) is 5.56 Å². The quantitative estimate of drug-likeness (QED) is 0.840. The van der Waals surface area contributed by atoms with Gasteiger partial charge in [0.1, 0.15) is 12.0 Å². The molecule has 0 amide bonds. The number of hydrogen-bond donors (Lipinski definition) is 1. The fourth-order valence-electron chi connectivity index (χ4n) is 1.41. The smallest absolute Gasteiger partial charge is 0.419 e. The number of rotatable bonds is 5. The average Bonchev–Trinajstić information content (AvgIpc) is 2.34. The third kappa shape index (κ3) is 3.70. The van der Waals surface area contributed by atoms with E-state index >= 15 is 0 Å². The maximum absolute atomic E-state index is 12.8.